The Morgan fingerprint density at radius 1 is 1.12 bits per heavy atom. The minimum Gasteiger partial charge on any atom is -0.338 e. The van der Waals surface area contributed by atoms with Gasteiger partial charge in [0.05, 0.1) is 0 Å². The molecule has 0 saturated carbocycles. The van der Waals surface area contributed by atoms with Crippen molar-refractivity contribution < 1.29 is 4.79 Å². The highest BCUT2D eigenvalue weighted by Gasteiger charge is 2.19. The second-order valence-electron chi connectivity index (χ2n) is 6.40. The van der Waals surface area contributed by atoms with E-state index >= 15 is 0 Å². The number of benzene rings is 1. The number of rotatable bonds is 3. The number of piperazine rings is 1. The number of carbonyl (C=O) groups is 1. The molecule has 0 bridgehead atoms. The van der Waals surface area contributed by atoms with Gasteiger partial charge in [-0.25, -0.2) is 9.97 Å². The van der Waals surface area contributed by atoms with Crippen molar-refractivity contribution in [2.75, 3.05) is 43.4 Å². The van der Waals surface area contributed by atoms with E-state index in [0.29, 0.717) is 16.7 Å². The molecule has 2 aromatic rings. The van der Waals surface area contributed by atoms with E-state index in [1.54, 1.807) is 18.2 Å². The molecule has 0 atom stereocenters. The van der Waals surface area contributed by atoms with Gasteiger partial charge < -0.3 is 15.1 Å². The lowest BCUT2D eigenvalue weighted by atomic mass is 10.2. The minimum absolute atomic E-state index is 0.244. The van der Waals surface area contributed by atoms with Gasteiger partial charge in [0.15, 0.2) is 0 Å². The molecule has 1 aromatic carbocycles. The summed E-state index contributed by atoms with van der Waals surface area (Å²) in [5.74, 6) is 0.373. The quantitative estimate of drug-likeness (QED) is 0.913. The highest BCUT2D eigenvalue weighted by molar-refractivity contribution is 6.30. The first-order chi connectivity index (χ1) is 11.9. The molecule has 1 aliphatic heterocycles. The van der Waals surface area contributed by atoms with Crippen LogP contribution in [0.4, 0.5) is 11.6 Å². The maximum atomic E-state index is 12.6. The van der Waals surface area contributed by atoms with Crippen LogP contribution in [0.25, 0.3) is 0 Å². The Balaban J connectivity index is 1.80. The summed E-state index contributed by atoms with van der Waals surface area (Å²) in [5.41, 5.74) is 2.79. The van der Waals surface area contributed by atoms with Crippen molar-refractivity contribution in [1.82, 2.24) is 14.9 Å². The van der Waals surface area contributed by atoms with Crippen LogP contribution >= 0.6 is 11.6 Å². The minimum atomic E-state index is -0.244. The topological polar surface area (TPSA) is 61.4 Å². The Morgan fingerprint density at radius 2 is 1.84 bits per heavy atom. The average Bonchev–Trinajstić information content (AvgIpc) is 2.57. The summed E-state index contributed by atoms with van der Waals surface area (Å²) < 4.78 is 0. The first-order valence-electron chi connectivity index (χ1n) is 8.29. The summed E-state index contributed by atoms with van der Waals surface area (Å²) in [6.07, 6.45) is 0. The Kier molecular flexibility index (Phi) is 5.20. The predicted molar refractivity (Wildman–Crippen MR) is 101 cm³/mol. The molecule has 1 N–H and O–H groups in total. The largest absolute Gasteiger partial charge is 0.338 e. The lowest BCUT2D eigenvalue weighted by Crippen LogP contribution is -2.45. The molecule has 132 valence electrons. The van der Waals surface area contributed by atoms with Gasteiger partial charge in [0.25, 0.3) is 5.91 Å². The maximum Gasteiger partial charge on any atom is 0.274 e. The number of nitrogens with zero attached hydrogens (tertiary/aromatic N) is 4. The summed E-state index contributed by atoms with van der Waals surface area (Å²) >= 11 is 5.97. The van der Waals surface area contributed by atoms with Gasteiger partial charge in [0.2, 0.25) is 5.95 Å². The molecular weight excluding hydrogens is 338 g/mol. The molecular formula is C18H22ClN5O. The van der Waals surface area contributed by atoms with Crippen LogP contribution in [0.1, 0.15) is 21.7 Å². The van der Waals surface area contributed by atoms with E-state index in [4.69, 9.17) is 11.6 Å². The van der Waals surface area contributed by atoms with Crippen molar-refractivity contribution in [1.29, 1.82) is 0 Å². The van der Waals surface area contributed by atoms with Gasteiger partial charge in [-0.15, -0.1) is 0 Å². The van der Waals surface area contributed by atoms with Crippen LogP contribution in [0.5, 0.6) is 0 Å². The number of likely N-dealkylation sites (N-methyl/N-ethyl adjacent to an activating group) is 1. The zero-order valence-corrected chi connectivity index (χ0v) is 15.5. The number of aryl methyl sites for hydroxylation is 2. The van der Waals surface area contributed by atoms with Gasteiger partial charge in [-0.3, -0.25) is 4.79 Å². The molecule has 1 aliphatic rings. The normalized spacial score (nSPS) is 15.3. The standard InChI is InChI=1S/C18H22ClN5O/c1-12-10-14(19)4-5-15(12)21-17(25)16-11-13(2)20-18(22-16)24-8-6-23(3)7-9-24/h4-5,10-11H,6-9H2,1-3H3,(H,21,25). The van der Waals surface area contributed by atoms with E-state index in [2.05, 4.69) is 32.1 Å². The fraction of sp³-hybridized carbons (Fsp3) is 0.389. The summed E-state index contributed by atoms with van der Waals surface area (Å²) in [5, 5.41) is 3.55. The lowest BCUT2D eigenvalue weighted by molar-refractivity contribution is 0.102. The van der Waals surface area contributed by atoms with E-state index < -0.39 is 0 Å². The molecule has 1 aromatic heterocycles. The molecule has 0 spiro atoms. The molecule has 0 aliphatic carbocycles. The smallest absolute Gasteiger partial charge is 0.274 e. The average molecular weight is 360 g/mol. The molecule has 1 amide bonds. The second kappa shape index (κ2) is 7.37. The van der Waals surface area contributed by atoms with Crippen LogP contribution in [-0.2, 0) is 0 Å². The Morgan fingerprint density at radius 3 is 2.52 bits per heavy atom. The van der Waals surface area contributed by atoms with Crippen molar-refractivity contribution in [2.24, 2.45) is 0 Å². The Labute approximate surface area is 152 Å². The summed E-state index contributed by atoms with van der Waals surface area (Å²) in [4.78, 5) is 26.0. The third kappa shape index (κ3) is 4.27. The van der Waals surface area contributed by atoms with Crippen molar-refractivity contribution in [3.05, 3.63) is 46.2 Å². The molecule has 6 nitrogen and oxygen atoms in total. The van der Waals surface area contributed by atoms with Crippen LogP contribution in [0.15, 0.2) is 24.3 Å². The van der Waals surface area contributed by atoms with Crippen LogP contribution in [0, 0.1) is 13.8 Å². The third-order valence-electron chi connectivity index (χ3n) is 4.30. The Hall–Kier alpha value is -2.18. The van der Waals surface area contributed by atoms with Crippen molar-refractivity contribution in [3.8, 4) is 0 Å². The van der Waals surface area contributed by atoms with Gasteiger partial charge in [-0.1, -0.05) is 11.6 Å². The molecule has 1 fully saturated rings. The van der Waals surface area contributed by atoms with Crippen LogP contribution in [0.3, 0.4) is 0 Å². The first kappa shape index (κ1) is 17.6. The van der Waals surface area contributed by atoms with E-state index in [-0.39, 0.29) is 5.91 Å². The van der Waals surface area contributed by atoms with Gasteiger partial charge in [0, 0.05) is 42.6 Å². The zero-order valence-electron chi connectivity index (χ0n) is 14.7. The van der Waals surface area contributed by atoms with Crippen molar-refractivity contribution in [3.63, 3.8) is 0 Å². The van der Waals surface area contributed by atoms with Crippen LogP contribution in [0.2, 0.25) is 5.02 Å². The van der Waals surface area contributed by atoms with E-state index in [0.717, 1.165) is 43.1 Å². The molecule has 0 radical (unpaired) electrons. The Bertz CT molecular complexity index is 787. The molecule has 7 heteroatoms. The predicted octanol–water partition coefficient (Wildman–Crippen LogP) is 2.75. The SMILES string of the molecule is Cc1cc(C(=O)Nc2ccc(Cl)cc2C)nc(N2CCN(C)CC2)n1. The highest BCUT2D eigenvalue weighted by Crippen LogP contribution is 2.20. The van der Waals surface area contributed by atoms with E-state index in [1.165, 1.54) is 0 Å². The molecule has 1 saturated heterocycles. The van der Waals surface area contributed by atoms with E-state index in [1.807, 2.05) is 19.9 Å². The van der Waals surface area contributed by atoms with Gasteiger partial charge >= 0.3 is 0 Å². The van der Waals surface area contributed by atoms with Gasteiger partial charge in [-0.05, 0) is 50.7 Å². The van der Waals surface area contributed by atoms with Crippen molar-refractivity contribution in [2.45, 2.75) is 13.8 Å². The number of amides is 1. The number of hydrogen-bond donors (Lipinski definition) is 1. The summed E-state index contributed by atoms with van der Waals surface area (Å²) in [7, 11) is 2.10. The molecule has 2 heterocycles. The number of hydrogen-bond acceptors (Lipinski definition) is 5. The number of carbonyl (C=O) groups excluding carboxylic acids is 1. The molecule has 0 unspecified atom stereocenters. The van der Waals surface area contributed by atoms with Gasteiger partial charge in [-0.2, -0.15) is 0 Å². The fourth-order valence-corrected chi connectivity index (χ4v) is 3.00. The highest BCUT2D eigenvalue weighted by atomic mass is 35.5. The number of aromatic nitrogens is 2. The zero-order chi connectivity index (χ0) is 18.0. The number of nitrogens with one attached hydrogen (secondary N) is 1. The van der Waals surface area contributed by atoms with Crippen LogP contribution in [-0.4, -0.2) is 54.0 Å². The fourth-order valence-electron chi connectivity index (χ4n) is 2.77. The van der Waals surface area contributed by atoms with Gasteiger partial charge in [0.1, 0.15) is 5.69 Å². The van der Waals surface area contributed by atoms with Crippen LogP contribution < -0.4 is 10.2 Å². The summed E-state index contributed by atoms with van der Waals surface area (Å²) in [6, 6.07) is 7.08. The second-order valence-corrected chi connectivity index (χ2v) is 6.83. The third-order valence-corrected chi connectivity index (χ3v) is 4.53. The number of anilines is 2. The molecule has 25 heavy (non-hydrogen) atoms. The maximum absolute atomic E-state index is 12.6. The van der Waals surface area contributed by atoms with E-state index in [9.17, 15) is 4.79 Å². The van der Waals surface area contributed by atoms with Crippen molar-refractivity contribution >= 4 is 29.1 Å². The first-order valence-corrected chi connectivity index (χ1v) is 8.67. The lowest BCUT2D eigenvalue weighted by Gasteiger charge is -2.32. The monoisotopic (exact) mass is 359 g/mol. The summed E-state index contributed by atoms with van der Waals surface area (Å²) in [6.45, 7) is 7.42. The number of halogens is 1. The molecule has 3 rings (SSSR count).